The largest absolute Gasteiger partial charge is 0.378 e. The second-order valence-electron chi connectivity index (χ2n) is 6.09. The average Bonchev–Trinajstić information content (AvgIpc) is 2.73. The van der Waals surface area contributed by atoms with Crippen molar-refractivity contribution in [3.05, 3.63) is 12.2 Å². The van der Waals surface area contributed by atoms with Crippen LogP contribution in [0.1, 0.15) is 45.9 Å². The predicted octanol–water partition coefficient (Wildman–Crippen LogP) is 2.25. The second kappa shape index (κ2) is 6.97. The summed E-state index contributed by atoms with van der Waals surface area (Å²) < 4.78 is 7.37. The number of carbonyl (C=O) groups excluding carboxylic acids is 1. The standard InChI is InChI=1S/C15H25N3O2/c1-4-20-14-6-12(7-14)5-13(19)8-15-16-10-17-18(15)9-11(2)3/h10-12,14H,4-9H2,1-3H3. The fourth-order valence-electron chi connectivity index (χ4n) is 2.71. The van der Waals surface area contributed by atoms with Gasteiger partial charge in [-0.1, -0.05) is 13.8 Å². The zero-order valence-electron chi connectivity index (χ0n) is 12.7. The van der Waals surface area contributed by atoms with Crippen molar-refractivity contribution < 1.29 is 9.53 Å². The predicted molar refractivity (Wildman–Crippen MR) is 76.3 cm³/mol. The Morgan fingerprint density at radius 3 is 2.90 bits per heavy atom. The fourth-order valence-corrected chi connectivity index (χ4v) is 2.71. The molecule has 0 atom stereocenters. The first-order valence-electron chi connectivity index (χ1n) is 7.58. The average molecular weight is 279 g/mol. The molecule has 0 N–H and O–H groups in total. The van der Waals surface area contributed by atoms with Crippen molar-refractivity contribution in [3.8, 4) is 0 Å². The number of hydrogen-bond donors (Lipinski definition) is 0. The zero-order valence-corrected chi connectivity index (χ0v) is 12.7. The molecule has 2 rings (SSSR count). The maximum atomic E-state index is 12.1. The molecule has 1 aliphatic carbocycles. The molecule has 0 radical (unpaired) electrons. The minimum absolute atomic E-state index is 0.267. The van der Waals surface area contributed by atoms with Crippen LogP contribution in [0.3, 0.4) is 0 Å². The molecule has 0 aromatic carbocycles. The Balaban J connectivity index is 1.76. The van der Waals surface area contributed by atoms with Gasteiger partial charge in [-0.25, -0.2) is 9.67 Å². The van der Waals surface area contributed by atoms with E-state index in [0.717, 1.165) is 31.8 Å². The maximum absolute atomic E-state index is 12.1. The Morgan fingerprint density at radius 1 is 1.50 bits per heavy atom. The SMILES string of the molecule is CCOC1CC(CC(=O)Cc2ncnn2CC(C)C)C1. The van der Waals surface area contributed by atoms with E-state index in [4.69, 9.17) is 4.74 Å². The maximum Gasteiger partial charge on any atom is 0.140 e. The third-order valence-electron chi connectivity index (χ3n) is 3.70. The van der Waals surface area contributed by atoms with Crippen LogP contribution in [0.25, 0.3) is 0 Å². The number of ketones is 1. The van der Waals surface area contributed by atoms with Crippen molar-refractivity contribution in [2.75, 3.05) is 6.61 Å². The lowest BCUT2D eigenvalue weighted by Crippen LogP contribution is -2.33. The summed E-state index contributed by atoms with van der Waals surface area (Å²) in [6.45, 7) is 7.87. The molecule has 0 aliphatic heterocycles. The van der Waals surface area contributed by atoms with Crippen LogP contribution in [0.2, 0.25) is 0 Å². The number of hydrogen-bond acceptors (Lipinski definition) is 4. The second-order valence-corrected chi connectivity index (χ2v) is 6.09. The van der Waals surface area contributed by atoms with Crippen molar-refractivity contribution in [1.29, 1.82) is 0 Å². The minimum atomic E-state index is 0.267. The smallest absolute Gasteiger partial charge is 0.140 e. The third kappa shape index (κ3) is 4.13. The molecule has 1 fully saturated rings. The van der Waals surface area contributed by atoms with Gasteiger partial charge in [-0.3, -0.25) is 4.79 Å². The van der Waals surface area contributed by atoms with Gasteiger partial charge in [0.15, 0.2) is 0 Å². The van der Waals surface area contributed by atoms with Gasteiger partial charge in [-0.05, 0) is 31.6 Å². The van der Waals surface area contributed by atoms with Crippen LogP contribution in [0.5, 0.6) is 0 Å². The first-order valence-corrected chi connectivity index (χ1v) is 7.58. The fraction of sp³-hybridized carbons (Fsp3) is 0.800. The Hall–Kier alpha value is -1.23. The molecule has 0 unspecified atom stereocenters. The molecular formula is C15H25N3O2. The highest BCUT2D eigenvalue weighted by molar-refractivity contribution is 5.80. The Bertz CT molecular complexity index is 436. The molecule has 1 heterocycles. The molecule has 0 spiro atoms. The van der Waals surface area contributed by atoms with Gasteiger partial charge >= 0.3 is 0 Å². The van der Waals surface area contributed by atoms with E-state index in [-0.39, 0.29) is 5.78 Å². The summed E-state index contributed by atoms with van der Waals surface area (Å²) in [5.74, 6) is 2.07. The number of ether oxygens (including phenoxy) is 1. The molecule has 1 aromatic rings. The van der Waals surface area contributed by atoms with Gasteiger partial charge in [0.2, 0.25) is 0 Å². The normalized spacial score (nSPS) is 22.0. The van der Waals surface area contributed by atoms with Crippen LogP contribution in [0.4, 0.5) is 0 Å². The monoisotopic (exact) mass is 279 g/mol. The number of aromatic nitrogens is 3. The summed E-state index contributed by atoms with van der Waals surface area (Å²) in [4.78, 5) is 16.3. The molecule has 0 bridgehead atoms. The molecule has 112 valence electrons. The van der Waals surface area contributed by atoms with Gasteiger partial charge < -0.3 is 4.74 Å². The number of carbonyl (C=O) groups is 1. The summed E-state index contributed by atoms with van der Waals surface area (Å²) in [5.41, 5.74) is 0. The first-order chi connectivity index (χ1) is 9.58. The summed E-state index contributed by atoms with van der Waals surface area (Å²) >= 11 is 0. The highest BCUT2D eigenvalue weighted by Gasteiger charge is 2.31. The van der Waals surface area contributed by atoms with Crippen molar-refractivity contribution in [3.63, 3.8) is 0 Å². The van der Waals surface area contributed by atoms with E-state index in [9.17, 15) is 4.79 Å². The molecule has 1 aliphatic rings. The van der Waals surface area contributed by atoms with E-state index in [1.54, 1.807) is 6.33 Å². The van der Waals surface area contributed by atoms with Gasteiger partial charge in [-0.15, -0.1) is 0 Å². The molecule has 0 saturated heterocycles. The lowest BCUT2D eigenvalue weighted by atomic mass is 9.78. The Labute approximate surface area is 120 Å². The van der Waals surface area contributed by atoms with Crippen LogP contribution in [0, 0.1) is 11.8 Å². The van der Waals surface area contributed by atoms with Crippen LogP contribution in [-0.2, 0) is 22.5 Å². The highest BCUT2D eigenvalue weighted by Crippen LogP contribution is 2.33. The lowest BCUT2D eigenvalue weighted by Gasteiger charge is -2.34. The third-order valence-corrected chi connectivity index (χ3v) is 3.70. The van der Waals surface area contributed by atoms with E-state index in [1.807, 2.05) is 11.6 Å². The van der Waals surface area contributed by atoms with E-state index in [2.05, 4.69) is 23.9 Å². The van der Waals surface area contributed by atoms with Crippen molar-refractivity contribution in [2.45, 2.75) is 59.1 Å². The Morgan fingerprint density at radius 2 is 2.25 bits per heavy atom. The molecular weight excluding hydrogens is 254 g/mol. The molecule has 0 amide bonds. The van der Waals surface area contributed by atoms with Crippen LogP contribution < -0.4 is 0 Å². The Kier molecular flexibility index (Phi) is 5.29. The van der Waals surface area contributed by atoms with Crippen molar-refractivity contribution in [2.24, 2.45) is 11.8 Å². The minimum Gasteiger partial charge on any atom is -0.378 e. The van der Waals surface area contributed by atoms with E-state index in [0.29, 0.717) is 30.8 Å². The first kappa shape index (κ1) is 15.2. The number of rotatable bonds is 8. The summed E-state index contributed by atoms with van der Waals surface area (Å²) in [7, 11) is 0. The quantitative estimate of drug-likeness (QED) is 0.732. The summed E-state index contributed by atoms with van der Waals surface area (Å²) in [6.07, 6.45) is 5.03. The van der Waals surface area contributed by atoms with Crippen LogP contribution in [0.15, 0.2) is 6.33 Å². The van der Waals surface area contributed by atoms with Gasteiger partial charge in [0.1, 0.15) is 17.9 Å². The van der Waals surface area contributed by atoms with Gasteiger partial charge in [0.05, 0.1) is 12.5 Å². The van der Waals surface area contributed by atoms with Gasteiger partial charge in [0.25, 0.3) is 0 Å². The number of Topliss-reactive ketones (excluding diaryl/α,β-unsaturated/α-hetero) is 1. The van der Waals surface area contributed by atoms with Gasteiger partial charge in [0, 0.05) is 19.6 Å². The molecule has 1 saturated carbocycles. The van der Waals surface area contributed by atoms with Crippen molar-refractivity contribution >= 4 is 5.78 Å². The van der Waals surface area contributed by atoms with Crippen LogP contribution in [-0.4, -0.2) is 33.3 Å². The topological polar surface area (TPSA) is 57.0 Å². The molecule has 20 heavy (non-hydrogen) atoms. The highest BCUT2D eigenvalue weighted by atomic mass is 16.5. The summed E-state index contributed by atoms with van der Waals surface area (Å²) in [6, 6.07) is 0. The summed E-state index contributed by atoms with van der Waals surface area (Å²) in [5, 5.41) is 4.19. The zero-order chi connectivity index (χ0) is 14.5. The molecule has 5 heteroatoms. The van der Waals surface area contributed by atoms with E-state index >= 15 is 0 Å². The molecule has 5 nitrogen and oxygen atoms in total. The molecule has 1 aromatic heterocycles. The van der Waals surface area contributed by atoms with E-state index in [1.165, 1.54) is 0 Å². The lowest BCUT2D eigenvalue weighted by molar-refractivity contribution is -0.121. The van der Waals surface area contributed by atoms with E-state index < -0.39 is 0 Å². The van der Waals surface area contributed by atoms with Crippen LogP contribution >= 0.6 is 0 Å². The number of nitrogens with zero attached hydrogens (tertiary/aromatic N) is 3. The van der Waals surface area contributed by atoms with Crippen molar-refractivity contribution in [1.82, 2.24) is 14.8 Å². The van der Waals surface area contributed by atoms with Gasteiger partial charge in [-0.2, -0.15) is 5.10 Å².